The molecule has 0 spiro atoms. The molecular formula is C18H17BrN2O3. The molecule has 1 atom stereocenters. The highest BCUT2D eigenvalue weighted by molar-refractivity contribution is 9.10. The molecule has 0 aromatic heterocycles. The van der Waals surface area contributed by atoms with Crippen molar-refractivity contribution in [1.29, 1.82) is 0 Å². The fraction of sp³-hybridized carbons (Fsp3) is 0.222. The first-order valence-corrected chi connectivity index (χ1v) is 8.48. The van der Waals surface area contributed by atoms with E-state index in [1.54, 1.807) is 18.2 Å². The van der Waals surface area contributed by atoms with Crippen LogP contribution in [0.25, 0.3) is 0 Å². The number of halogens is 1. The van der Waals surface area contributed by atoms with Crippen LogP contribution in [0.1, 0.15) is 28.4 Å². The van der Waals surface area contributed by atoms with Gasteiger partial charge in [-0.25, -0.2) is 0 Å². The molecule has 0 radical (unpaired) electrons. The Bertz CT molecular complexity index is 763. The van der Waals surface area contributed by atoms with Crippen LogP contribution < -0.4 is 15.4 Å². The maximum atomic E-state index is 12.2. The Morgan fingerprint density at radius 3 is 2.71 bits per heavy atom. The van der Waals surface area contributed by atoms with Gasteiger partial charge in [0.25, 0.3) is 5.91 Å². The molecule has 0 saturated carbocycles. The van der Waals surface area contributed by atoms with Crippen molar-refractivity contribution < 1.29 is 14.3 Å². The predicted molar refractivity (Wildman–Crippen MR) is 93.9 cm³/mol. The fourth-order valence-corrected chi connectivity index (χ4v) is 3.10. The molecule has 5 nitrogen and oxygen atoms in total. The predicted octanol–water partition coefficient (Wildman–Crippen LogP) is 2.82. The lowest BCUT2D eigenvalue weighted by atomic mass is 10.0. The number of carbonyl (C=O) groups is 2. The van der Waals surface area contributed by atoms with E-state index in [0.29, 0.717) is 23.1 Å². The minimum Gasteiger partial charge on any atom is -0.493 e. The molecule has 6 heteroatoms. The van der Waals surface area contributed by atoms with E-state index in [1.807, 2.05) is 30.3 Å². The van der Waals surface area contributed by atoms with Crippen molar-refractivity contribution in [3.8, 4) is 5.75 Å². The molecule has 124 valence electrons. The number of amides is 2. The summed E-state index contributed by atoms with van der Waals surface area (Å²) >= 11 is 3.33. The second-order valence-corrected chi connectivity index (χ2v) is 6.31. The molecule has 2 aromatic carbocycles. The second kappa shape index (κ2) is 7.49. The van der Waals surface area contributed by atoms with Gasteiger partial charge in [0.1, 0.15) is 5.75 Å². The van der Waals surface area contributed by atoms with Gasteiger partial charge in [-0.3, -0.25) is 9.59 Å². The van der Waals surface area contributed by atoms with E-state index in [2.05, 4.69) is 26.6 Å². The largest absolute Gasteiger partial charge is 0.493 e. The minimum absolute atomic E-state index is 0.0698. The van der Waals surface area contributed by atoms with Gasteiger partial charge in [-0.1, -0.05) is 30.3 Å². The van der Waals surface area contributed by atoms with Crippen LogP contribution in [-0.2, 0) is 4.79 Å². The van der Waals surface area contributed by atoms with Gasteiger partial charge in [0.2, 0.25) is 5.91 Å². The van der Waals surface area contributed by atoms with Crippen LogP contribution >= 0.6 is 15.9 Å². The molecule has 0 fully saturated rings. The standard InChI is InChI=1S/C18H17BrN2O3/c19-14-7-3-1-5-12(14)18(23)20-11-17(22)21-15-9-10-24-16-8-4-2-6-13(15)16/h1-8,15H,9-11H2,(H,20,23)(H,21,22)/t15-/m1/s1. The summed E-state index contributed by atoms with van der Waals surface area (Å²) in [5.74, 6) is 0.286. The molecule has 0 saturated heterocycles. The van der Waals surface area contributed by atoms with Gasteiger partial charge >= 0.3 is 0 Å². The number of ether oxygens (including phenoxy) is 1. The van der Waals surface area contributed by atoms with E-state index >= 15 is 0 Å². The minimum atomic E-state index is -0.287. The first kappa shape index (κ1) is 16.5. The quantitative estimate of drug-likeness (QED) is 0.845. The summed E-state index contributed by atoms with van der Waals surface area (Å²) < 4.78 is 6.27. The van der Waals surface area contributed by atoms with Gasteiger partial charge < -0.3 is 15.4 Å². The van der Waals surface area contributed by atoms with Crippen LogP contribution in [0.4, 0.5) is 0 Å². The van der Waals surface area contributed by atoms with E-state index < -0.39 is 0 Å². The lowest BCUT2D eigenvalue weighted by Crippen LogP contribution is -2.40. The first-order chi connectivity index (χ1) is 11.6. The number of fused-ring (bicyclic) bond motifs is 1. The summed E-state index contributed by atoms with van der Waals surface area (Å²) in [4.78, 5) is 24.3. The fourth-order valence-electron chi connectivity index (χ4n) is 2.64. The van der Waals surface area contributed by atoms with Gasteiger partial charge in [0.15, 0.2) is 0 Å². The Labute approximate surface area is 148 Å². The van der Waals surface area contributed by atoms with Crippen LogP contribution in [-0.4, -0.2) is 25.0 Å². The molecule has 1 aliphatic rings. The summed E-state index contributed by atoms with van der Waals surface area (Å²) in [6.07, 6.45) is 0.709. The van der Waals surface area contributed by atoms with E-state index in [1.165, 1.54) is 0 Å². The molecule has 24 heavy (non-hydrogen) atoms. The van der Waals surface area contributed by atoms with Gasteiger partial charge in [-0.15, -0.1) is 0 Å². The average Bonchev–Trinajstić information content (AvgIpc) is 2.60. The van der Waals surface area contributed by atoms with E-state index in [9.17, 15) is 9.59 Å². The van der Waals surface area contributed by atoms with Gasteiger partial charge in [-0.05, 0) is 34.1 Å². The van der Waals surface area contributed by atoms with Crippen molar-refractivity contribution in [3.63, 3.8) is 0 Å². The molecule has 2 amide bonds. The third-order valence-corrected chi connectivity index (χ3v) is 4.51. The lowest BCUT2D eigenvalue weighted by Gasteiger charge is -2.26. The number of para-hydroxylation sites is 1. The summed E-state index contributed by atoms with van der Waals surface area (Å²) in [5, 5.41) is 5.59. The second-order valence-electron chi connectivity index (χ2n) is 5.46. The number of carbonyl (C=O) groups excluding carboxylic acids is 2. The summed E-state index contributed by atoms with van der Waals surface area (Å²) in [7, 11) is 0. The van der Waals surface area contributed by atoms with Crippen LogP contribution in [0.5, 0.6) is 5.75 Å². The smallest absolute Gasteiger partial charge is 0.252 e. The SMILES string of the molecule is O=C(CNC(=O)c1ccccc1Br)N[C@@H]1CCOc2ccccc21. The van der Waals surface area contributed by atoms with Crippen LogP contribution in [0.3, 0.4) is 0 Å². The van der Waals surface area contributed by atoms with Crippen molar-refractivity contribution in [2.45, 2.75) is 12.5 Å². The molecule has 0 aliphatic carbocycles. The third-order valence-electron chi connectivity index (χ3n) is 3.82. The highest BCUT2D eigenvalue weighted by Crippen LogP contribution is 2.31. The number of rotatable bonds is 4. The molecule has 3 rings (SSSR count). The highest BCUT2D eigenvalue weighted by atomic mass is 79.9. The topological polar surface area (TPSA) is 67.4 Å². The van der Waals surface area contributed by atoms with Crippen molar-refractivity contribution in [3.05, 3.63) is 64.1 Å². The molecule has 2 N–H and O–H groups in total. The van der Waals surface area contributed by atoms with E-state index in [0.717, 1.165) is 11.3 Å². The molecule has 0 unspecified atom stereocenters. The Balaban J connectivity index is 1.57. The molecule has 1 heterocycles. The van der Waals surface area contributed by atoms with Gasteiger partial charge in [0, 0.05) is 16.5 Å². The van der Waals surface area contributed by atoms with Crippen LogP contribution in [0.15, 0.2) is 53.0 Å². The Morgan fingerprint density at radius 2 is 1.88 bits per heavy atom. The van der Waals surface area contributed by atoms with Crippen molar-refractivity contribution >= 4 is 27.7 Å². The van der Waals surface area contributed by atoms with Crippen molar-refractivity contribution in [1.82, 2.24) is 10.6 Å². The maximum absolute atomic E-state index is 12.2. The number of nitrogens with one attached hydrogen (secondary N) is 2. The zero-order valence-electron chi connectivity index (χ0n) is 12.9. The Morgan fingerprint density at radius 1 is 1.12 bits per heavy atom. The van der Waals surface area contributed by atoms with Gasteiger partial charge in [0.05, 0.1) is 24.8 Å². The normalized spacial score (nSPS) is 15.8. The average molecular weight is 389 g/mol. The van der Waals surface area contributed by atoms with Gasteiger partial charge in [-0.2, -0.15) is 0 Å². The zero-order chi connectivity index (χ0) is 16.9. The van der Waals surface area contributed by atoms with Crippen molar-refractivity contribution in [2.24, 2.45) is 0 Å². The number of hydrogen-bond acceptors (Lipinski definition) is 3. The first-order valence-electron chi connectivity index (χ1n) is 7.69. The van der Waals surface area contributed by atoms with E-state index in [-0.39, 0.29) is 24.4 Å². The van der Waals surface area contributed by atoms with Crippen molar-refractivity contribution in [2.75, 3.05) is 13.2 Å². The summed E-state index contributed by atoms with van der Waals surface area (Å²) in [5.41, 5.74) is 1.47. The lowest BCUT2D eigenvalue weighted by molar-refractivity contribution is -0.121. The monoisotopic (exact) mass is 388 g/mol. The molecular weight excluding hydrogens is 372 g/mol. The number of hydrogen-bond donors (Lipinski definition) is 2. The highest BCUT2D eigenvalue weighted by Gasteiger charge is 2.22. The summed E-state index contributed by atoms with van der Waals surface area (Å²) in [6.45, 7) is 0.491. The number of benzene rings is 2. The zero-order valence-corrected chi connectivity index (χ0v) is 14.5. The maximum Gasteiger partial charge on any atom is 0.252 e. The Hall–Kier alpha value is -2.34. The van der Waals surface area contributed by atoms with Crippen LogP contribution in [0, 0.1) is 0 Å². The molecule has 0 bridgehead atoms. The Kier molecular flexibility index (Phi) is 5.15. The third kappa shape index (κ3) is 3.76. The van der Waals surface area contributed by atoms with Crippen LogP contribution in [0.2, 0.25) is 0 Å². The summed E-state index contributed by atoms with van der Waals surface area (Å²) in [6, 6.07) is 14.7. The molecule has 2 aromatic rings. The van der Waals surface area contributed by atoms with E-state index in [4.69, 9.17) is 4.74 Å². The molecule has 1 aliphatic heterocycles.